The van der Waals surface area contributed by atoms with E-state index in [-0.39, 0.29) is 5.91 Å². The number of hydrogen-bond donors (Lipinski definition) is 1. The smallest absolute Gasteiger partial charge is 0.222 e. The first-order chi connectivity index (χ1) is 9.66. The lowest BCUT2D eigenvalue weighted by Crippen LogP contribution is -2.40. The van der Waals surface area contributed by atoms with E-state index in [1.165, 1.54) is 0 Å². The molecule has 2 rings (SSSR count). The summed E-state index contributed by atoms with van der Waals surface area (Å²) < 4.78 is 5.23. The quantitative estimate of drug-likeness (QED) is 0.516. The third-order valence-electron chi connectivity index (χ3n) is 3.13. The number of benzene rings is 1. The molecule has 1 heterocycles. The van der Waals surface area contributed by atoms with Crippen molar-refractivity contribution in [3.8, 4) is 0 Å². The molecule has 0 bridgehead atoms. The van der Waals surface area contributed by atoms with Gasteiger partial charge >= 0.3 is 0 Å². The minimum absolute atomic E-state index is 0.216. The summed E-state index contributed by atoms with van der Waals surface area (Å²) in [6.45, 7) is 2.74. The van der Waals surface area contributed by atoms with Gasteiger partial charge in [-0.1, -0.05) is 11.6 Å². The molecule has 0 unspecified atom stereocenters. The Hall–Kier alpha value is -0.910. The largest absolute Gasteiger partial charge is 0.398 e. The summed E-state index contributed by atoms with van der Waals surface area (Å²) in [5.74, 6) is 1.08. The van der Waals surface area contributed by atoms with Gasteiger partial charge in [-0.2, -0.15) is 0 Å². The van der Waals surface area contributed by atoms with Crippen LogP contribution in [0.25, 0.3) is 0 Å². The van der Waals surface area contributed by atoms with Crippen LogP contribution in [0.5, 0.6) is 0 Å². The summed E-state index contributed by atoms with van der Waals surface area (Å²) in [4.78, 5) is 14.8. The number of rotatable bonds is 5. The zero-order valence-corrected chi connectivity index (χ0v) is 12.9. The third kappa shape index (κ3) is 4.58. The Labute approximate surface area is 128 Å². The number of hydrogen-bond acceptors (Lipinski definition) is 4. The van der Waals surface area contributed by atoms with Crippen LogP contribution < -0.4 is 5.73 Å². The highest BCUT2D eigenvalue weighted by Gasteiger charge is 2.16. The number of carbonyl (C=O) groups is 1. The number of ether oxygens (including phenoxy) is 1. The van der Waals surface area contributed by atoms with E-state index in [9.17, 15) is 4.79 Å². The highest BCUT2D eigenvalue weighted by atomic mass is 35.5. The van der Waals surface area contributed by atoms with Gasteiger partial charge in [0.1, 0.15) is 0 Å². The highest BCUT2D eigenvalue weighted by Crippen LogP contribution is 2.28. The van der Waals surface area contributed by atoms with Gasteiger partial charge in [0.2, 0.25) is 5.91 Å². The molecule has 110 valence electrons. The average molecular weight is 315 g/mol. The number of nitrogens with two attached hydrogens (primary N) is 1. The molecule has 0 saturated carbocycles. The van der Waals surface area contributed by atoms with Gasteiger partial charge in [0, 0.05) is 35.1 Å². The highest BCUT2D eigenvalue weighted by molar-refractivity contribution is 7.99. The summed E-state index contributed by atoms with van der Waals surface area (Å²) in [6, 6.07) is 5.46. The zero-order chi connectivity index (χ0) is 14.4. The fraction of sp³-hybridized carbons (Fsp3) is 0.500. The Morgan fingerprint density at radius 3 is 2.90 bits per heavy atom. The maximum Gasteiger partial charge on any atom is 0.222 e. The maximum absolute atomic E-state index is 11.9. The van der Waals surface area contributed by atoms with Gasteiger partial charge in [0.15, 0.2) is 0 Å². The Morgan fingerprint density at radius 2 is 2.15 bits per heavy atom. The Kier molecular flexibility index (Phi) is 6.01. The molecular weight excluding hydrogens is 296 g/mol. The van der Waals surface area contributed by atoms with Gasteiger partial charge in [0.05, 0.1) is 13.2 Å². The van der Waals surface area contributed by atoms with E-state index >= 15 is 0 Å². The van der Waals surface area contributed by atoms with E-state index in [0.29, 0.717) is 37.7 Å². The molecule has 0 aliphatic carbocycles. The predicted molar refractivity (Wildman–Crippen MR) is 83.2 cm³/mol. The van der Waals surface area contributed by atoms with E-state index < -0.39 is 0 Å². The molecule has 20 heavy (non-hydrogen) atoms. The second-order valence-electron chi connectivity index (χ2n) is 4.63. The van der Waals surface area contributed by atoms with Crippen molar-refractivity contribution in [1.82, 2.24) is 4.90 Å². The lowest BCUT2D eigenvalue weighted by atomic mass is 10.3. The van der Waals surface area contributed by atoms with E-state index in [1.54, 1.807) is 17.8 Å². The molecule has 2 N–H and O–H groups in total. The standard InChI is InChI=1S/C14H19ClN2O2S/c15-11-3-4-12(16)13(10-11)20-9-1-2-14(18)17-5-7-19-8-6-17/h3-4,10H,1-2,5-9,16H2. The molecule has 4 nitrogen and oxygen atoms in total. The van der Waals surface area contributed by atoms with Gasteiger partial charge in [-0.25, -0.2) is 0 Å². The number of halogens is 1. The first kappa shape index (κ1) is 15.5. The van der Waals surface area contributed by atoms with E-state index in [0.717, 1.165) is 22.8 Å². The monoisotopic (exact) mass is 314 g/mol. The van der Waals surface area contributed by atoms with Crippen molar-refractivity contribution in [3.05, 3.63) is 23.2 Å². The average Bonchev–Trinajstić information content (AvgIpc) is 2.47. The molecule has 0 radical (unpaired) electrons. The summed E-state index contributed by atoms with van der Waals surface area (Å²) in [6.07, 6.45) is 1.42. The van der Waals surface area contributed by atoms with Crippen LogP contribution >= 0.6 is 23.4 Å². The minimum atomic E-state index is 0.216. The van der Waals surface area contributed by atoms with Gasteiger partial charge in [-0.05, 0) is 30.4 Å². The normalized spacial score (nSPS) is 15.3. The maximum atomic E-state index is 11.9. The molecule has 0 spiro atoms. The Bertz CT molecular complexity index is 464. The van der Waals surface area contributed by atoms with Crippen molar-refractivity contribution >= 4 is 35.0 Å². The third-order valence-corrected chi connectivity index (χ3v) is 4.52. The van der Waals surface area contributed by atoms with Crippen molar-refractivity contribution in [1.29, 1.82) is 0 Å². The van der Waals surface area contributed by atoms with Crippen molar-refractivity contribution in [2.75, 3.05) is 37.8 Å². The minimum Gasteiger partial charge on any atom is -0.398 e. The number of morpholine rings is 1. The molecule has 1 fully saturated rings. The van der Waals surface area contributed by atoms with E-state index in [2.05, 4.69) is 0 Å². The van der Waals surface area contributed by atoms with Crippen LogP contribution in [-0.2, 0) is 9.53 Å². The first-order valence-corrected chi connectivity index (χ1v) is 8.06. The predicted octanol–water partition coefficient (Wildman–Crippen LogP) is 2.65. The fourth-order valence-corrected chi connectivity index (χ4v) is 3.20. The van der Waals surface area contributed by atoms with Gasteiger partial charge in [-0.15, -0.1) is 11.8 Å². The molecule has 1 aliphatic heterocycles. The molecule has 1 amide bonds. The zero-order valence-electron chi connectivity index (χ0n) is 11.3. The summed E-state index contributed by atoms with van der Waals surface area (Å²) >= 11 is 7.59. The van der Waals surface area contributed by atoms with E-state index in [4.69, 9.17) is 22.1 Å². The Morgan fingerprint density at radius 1 is 1.40 bits per heavy atom. The molecule has 6 heteroatoms. The number of anilines is 1. The van der Waals surface area contributed by atoms with Crippen LogP contribution in [0.15, 0.2) is 23.1 Å². The molecule has 1 aromatic rings. The number of amides is 1. The van der Waals surface area contributed by atoms with Crippen LogP contribution in [0.4, 0.5) is 5.69 Å². The van der Waals surface area contributed by atoms with Crippen LogP contribution in [0, 0.1) is 0 Å². The van der Waals surface area contributed by atoms with E-state index in [1.807, 2.05) is 17.0 Å². The van der Waals surface area contributed by atoms with Crippen molar-refractivity contribution < 1.29 is 9.53 Å². The van der Waals surface area contributed by atoms with Crippen LogP contribution in [0.3, 0.4) is 0 Å². The molecule has 1 aliphatic rings. The number of thioether (sulfide) groups is 1. The van der Waals surface area contributed by atoms with Crippen LogP contribution in [0.2, 0.25) is 5.02 Å². The van der Waals surface area contributed by atoms with Gasteiger partial charge < -0.3 is 15.4 Å². The second kappa shape index (κ2) is 7.76. The van der Waals surface area contributed by atoms with Gasteiger partial charge in [-0.3, -0.25) is 4.79 Å². The fourth-order valence-electron chi connectivity index (χ4n) is 2.01. The summed E-state index contributed by atoms with van der Waals surface area (Å²) in [7, 11) is 0. The first-order valence-electron chi connectivity index (χ1n) is 6.70. The number of nitrogens with zero attached hydrogens (tertiary/aromatic N) is 1. The van der Waals surface area contributed by atoms with Crippen molar-refractivity contribution in [2.24, 2.45) is 0 Å². The number of nitrogen functional groups attached to an aromatic ring is 1. The van der Waals surface area contributed by atoms with Crippen molar-refractivity contribution in [3.63, 3.8) is 0 Å². The Balaban J connectivity index is 1.70. The van der Waals surface area contributed by atoms with Gasteiger partial charge in [0.25, 0.3) is 0 Å². The lowest BCUT2D eigenvalue weighted by molar-refractivity contribution is -0.135. The number of carbonyl (C=O) groups excluding carboxylic acids is 1. The van der Waals surface area contributed by atoms with Crippen LogP contribution in [0.1, 0.15) is 12.8 Å². The molecular formula is C14H19ClN2O2S. The molecule has 0 aromatic heterocycles. The summed E-state index contributed by atoms with van der Waals surface area (Å²) in [5.41, 5.74) is 6.61. The van der Waals surface area contributed by atoms with Crippen molar-refractivity contribution in [2.45, 2.75) is 17.7 Å². The SMILES string of the molecule is Nc1ccc(Cl)cc1SCCCC(=O)N1CCOCC1. The lowest BCUT2D eigenvalue weighted by Gasteiger charge is -2.26. The van der Waals surface area contributed by atoms with Crippen LogP contribution in [-0.4, -0.2) is 42.9 Å². The topological polar surface area (TPSA) is 55.6 Å². The summed E-state index contributed by atoms with van der Waals surface area (Å²) in [5, 5.41) is 0.686. The second-order valence-corrected chi connectivity index (χ2v) is 6.20. The molecule has 1 saturated heterocycles. The molecule has 1 aromatic carbocycles. The molecule has 0 atom stereocenters.